The molecule has 1 heterocycles. The van der Waals surface area contributed by atoms with E-state index in [1.54, 1.807) is 43.3 Å². The third-order valence-electron chi connectivity index (χ3n) is 4.26. The lowest BCUT2D eigenvalue weighted by Crippen LogP contribution is -2.27. The summed E-state index contributed by atoms with van der Waals surface area (Å²) in [5.41, 5.74) is 1.09. The zero-order chi connectivity index (χ0) is 21.7. The van der Waals surface area contributed by atoms with Gasteiger partial charge in [0.15, 0.2) is 5.69 Å². The molecule has 1 N–H and O–H groups in total. The molecule has 0 spiro atoms. The first-order chi connectivity index (χ1) is 14.4. The molecule has 0 aliphatic carbocycles. The first-order valence-corrected chi connectivity index (χ1v) is 9.27. The second-order valence-corrected chi connectivity index (χ2v) is 6.40. The molecule has 0 unspecified atom stereocenters. The Morgan fingerprint density at radius 3 is 2.50 bits per heavy atom. The summed E-state index contributed by atoms with van der Waals surface area (Å²) in [6.07, 6.45) is 0. The summed E-state index contributed by atoms with van der Waals surface area (Å²) in [5.74, 6) is -0.769. The van der Waals surface area contributed by atoms with Crippen LogP contribution in [0.15, 0.2) is 59.4 Å². The molecule has 0 bridgehead atoms. The maximum atomic E-state index is 12.7. The molecule has 0 atom stereocenters. The van der Waals surface area contributed by atoms with Crippen molar-refractivity contribution >= 4 is 17.6 Å². The van der Waals surface area contributed by atoms with Crippen LogP contribution in [-0.2, 0) is 4.74 Å². The van der Waals surface area contributed by atoms with Crippen LogP contribution >= 0.6 is 0 Å². The van der Waals surface area contributed by atoms with Crippen molar-refractivity contribution in [3.8, 4) is 11.4 Å². The first-order valence-electron chi connectivity index (χ1n) is 9.27. The first kappa shape index (κ1) is 20.8. The zero-order valence-electron chi connectivity index (χ0n) is 16.8. The molecule has 154 valence electrons. The maximum Gasteiger partial charge on any atom is 0.360 e. The number of methoxy groups -OCH3 is 1. The van der Waals surface area contributed by atoms with Gasteiger partial charge < -0.3 is 14.8 Å². The summed E-state index contributed by atoms with van der Waals surface area (Å²) >= 11 is 0. The minimum absolute atomic E-state index is 0.0327. The standard InChI is InChI=1S/C22H21N3O5/c1-4-30-22(28)20-18(23-21(27)15-6-5-7-17(12-15)29-3)13-19(26)25(24-20)16-10-8-14(2)9-11-16/h5-13H,4H2,1-3H3,(H,23,27). The summed E-state index contributed by atoms with van der Waals surface area (Å²) in [5, 5.41) is 6.74. The van der Waals surface area contributed by atoms with Crippen molar-refractivity contribution in [2.75, 3.05) is 19.0 Å². The minimum atomic E-state index is -0.751. The molecule has 3 aromatic rings. The number of aryl methyl sites for hydroxylation is 1. The van der Waals surface area contributed by atoms with E-state index in [0.29, 0.717) is 17.0 Å². The Kier molecular flexibility index (Phi) is 6.26. The quantitative estimate of drug-likeness (QED) is 0.631. The van der Waals surface area contributed by atoms with Crippen LogP contribution in [0.3, 0.4) is 0 Å². The van der Waals surface area contributed by atoms with E-state index in [9.17, 15) is 14.4 Å². The number of amides is 1. The number of nitrogens with zero attached hydrogens (tertiary/aromatic N) is 2. The van der Waals surface area contributed by atoms with Gasteiger partial charge in [0.1, 0.15) is 5.75 Å². The molecule has 2 aromatic carbocycles. The fraction of sp³-hybridized carbons (Fsp3) is 0.182. The highest BCUT2D eigenvalue weighted by Gasteiger charge is 2.20. The molecule has 0 saturated heterocycles. The second-order valence-electron chi connectivity index (χ2n) is 6.40. The van der Waals surface area contributed by atoms with Gasteiger partial charge in [0.05, 0.1) is 25.1 Å². The maximum absolute atomic E-state index is 12.7. The van der Waals surface area contributed by atoms with E-state index in [2.05, 4.69) is 10.4 Å². The van der Waals surface area contributed by atoms with E-state index >= 15 is 0 Å². The van der Waals surface area contributed by atoms with Crippen molar-refractivity contribution in [3.05, 3.63) is 81.8 Å². The number of anilines is 1. The van der Waals surface area contributed by atoms with Crippen molar-refractivity contribution in [2.24, 2.45) is 0 Å². The van der Waals surface area contributed by atoms with Gasteiger partial charge in [-0.25, -0.2) is 4.79 Å². The molecule has 0 aliphatic heterocycles. The predicted molar refractivity (Wildman–Crippen MR) is 111 cm³/mol. The summed E-state index contributed by atoms with van der Waals surface area (Å²) in [7, 11) is 1.49. The average Bonchev–Trinajstić information content (AvgIpc) is 2.75. The Balaban J connectivity index is 2.03. The van der Waals surface area contributed by atoms with Crippen molar-refractivity contribution in [1.82, 2.24) is 9.78 Å². The van der Waals surface area contributed by atoms with Crippen LogP contribution in [0.5, 0.6) is 5.75 Å². The zero-order valence-corrected chi connectivity index (χ0v) is 16.8. The Labute approximate surface area is 173 Å². The molecule has 1 aromatic heterocycles. The van der Waals surface area contributed by atoms with Gasteiger partial charge in [-0.05, 0) is 44.2 Å². The summed E-state index contributed by atoms with van der Waals surface area (Å²) in [6, 6.07) is 14.7. The van der Waals surface area contributed by atoms with Gasteiger partial charge in [0.2, 0.25) is 0 Å². The Morgan fingerprint density at radius 1 is 1.10 bits per heavy atom. The fourth-order valence-corrected chi connectivity index (χ4v) is 2.73. The summed E-state index contributed by atoms with van der Waals surface area (Å²) < 4.78 is 11.3. The molecule has 0 aliphatic rings. The molecule has 0 radical (unpaired) electrons. The van der Waals surface area contributed by atoms with E-state index in [0.717, 1.165) is 16.3 Å². The number of carbonyl (C=O) groups is 2. The molecule has 0 fully saturated rings. The van der Waals surface area contributed by atoms with E-state index in [-0.39, 0.29) is 18.0 Å². The van der Waals surface area contributed by atoms with Gasteiger partial charge in [0.25, 0.3) is 11.5 Å². The van der Waals surface area contributed by atoms with Crippen LogP contribution in [0.25, 0.3) is 5.69 Å². The van der Waals surface area contributed by atoms with E-state index in [4.69, 9.17) is 9.47 Å². The molecule has 3 rings (SSSR count). The minimum Gasteiger partial charge on any atom is -0.497 e. The number of hydrogen-bond acceptors (Lipinski definition) is 6. The number of carbonyl (C=O) groups excluding carboxylic acids is 2. The molecule has 1 amide bonds. The Morgan fingerprint density at radius 2 is 1.83 bits per heavy atom. The molecule has 8 nitrogen and oxygen atoms in total. The lowest BCUT2D eigenvalue weighted by Gasteiger charge is -2.13. The molecule has 8 heteroatoms. The summed E-state index contributed by atoms with van der Waals surface area (Å²) in [6.45, 7) is 3.69. The van der Waals surface area contributed by atoms with Crippen LogP contribution in [0.1, 0.15) is 33.3 Å². The monoisotopic (exact) mass is 407 g/mol. The number of benzene rings is 2. The highest BCUT2D eigenvalue weighted by atomic mass is 16.5. The molecule has 0 saturated carbocycles. The summed E-state index contributed by atoms with van der Waals surface area (Å²) in [4.78, 5) is 37.8. The third-order valence-corrected chi connectivity index (χ3v) is 4.26. The van der Waals surface area contributed by atoms with Gasteiger partial charge in [-0.15, -0.1) is 0 Å². The van der Waals surface area contributed by atoms with Crippen LogP contribution < -0.4 is 15.6 Å². The van der Waals surface area contributed by atoms with Crippen LogP contribution in [-0.4, -0.2) is 35.4 Å². The lowest BCUT2D eigenvalue weighted by atomic mass is 10.2. The van der Waals surface area contributed by atoms with Gasteiger partial charge >= 0.3 is 5.97 Å². The smallest absolute Gasteiger partial charge is 0.360 e. The van der Waals surface area contributed by atoms with E-state index < -0.39 is 17.4 Å². The van der Waals surface area contributed by atoms with E-state index in [1.165, 1.54) is 7.11 Å². The number of ether oxygens (including phenoxy) is 2. The SMILES string of the molecule is CCOC(=O)c1nn(-c2ccc(C)cc2)c(=O)cc1NC(=O)c1cccc(OC)c1. The highest BCUT2D eigenvalue weighted by molar-refractivity contribution is 6.07. The Bertz CT molecular complexity index is 1140. The Hall–Kier alpha value is -3.94. The third kappa shape index (κ3) is 4.54. The van der Waals surface area contributed by atoms with Crippen LogP contribution in [0, 0.1) is 6.92 Å². The number of hydrogen-bond donors (Lipinski definition) is 1. The van der Waals surface area contributed by atoms with Crippen molar-refractivity contribution in [2.45, 2.75) is 13.8 Å². The van der Waals surface area contributed by atoms with Crippen molar-refractivity contribution in [1.29, 1.82) is 0 Å². The number of aromatic nitrogens is 2. The normalized spacial score (nSPS) is 10.4. The number of rotatable bonds is 6. The fourth-order valence-electron chi connectivity index (χ4n) is 2.73. The van der Waals surface area contributed by atoms with E-state index in [1.807, 2.05) is 19.1 Å². The topological polar surface area (TPSA) is 99.5 Å². The van der Waals surface area contributed by atoms with Gasteiger partial charge in [-0.2, -0.15) is 9.78 Å². The largest absolute Gasteiger partial charge is 0.497 e. The van der Waals surface area contributed by atoms with Crippen molar-refractivity contribution in [3.63, 3.8) is 0 Å². The number of esters is 1. The molecular formula is C22H21N3O5. The van der Waals surface area contributed by atoms with Gasteiger partial charge in [-0.1, -0.05) is 23.8 Å². The van der Waals surface area contributed by atoms with Crippen molar-refractivity contribution < 1.29 is 19.1 Å². The van der Waals surface area contributed by atoms with Gasteiger partial charge in [-0.3, -0.25) is 9.59 Å². The highest BCUT2D eigenvalue weighted by Crippen LogP contribution is 2.18. The van der Waals surface area contributed by atoms with Crippen LogP contribution in [0.2, 0.25) is 0 Å². The average molecular weight is 407 g/mol. The van der Waals surface area contributed by atoms with Gasteiger partial charge in [0, 0.05) is 11.6 Å². The van der Waals surface area contributed by atoms with Crippen LogP contribution in [0.4, 0.5) is 5.69 Å². The number of nitrogens with one attached hydrogen (secondary N) is 1. The molecular weight excluding hydrogens is 386 g/mol. The predicted octanol–water partition coefficient (Wildman–Crippen LogP) is 2.98. The second kappa shape index (κ2) is 9.04. The molecule has 30 heavy (non-hydrogen) atoms. The lowest BCUT2D eigenvalue weighted by molar-refractivity contribution is 0.0518.